The maximum atomic E-state index is 15.6. The minimum Gasteiger partial charge on any atom is -0.488 e. The molecule has 0 aromatic carbocycles. The molecular weight excluding hydrogens is 456 g/mol. The number of nitrogens with zero attached hydrogens (tertiary/aromatic N) is 4. The third-order valence-electron chi connectivity index (χ3n) is 6.75. The lowest BCUT2D eigenvalue weighted by Crippen LogP contribution is -2.43. The smallest absolute Gasteiger partial charge is 0.335 e. The number of allylic oxidation sites excluding steroid dienone is 4. The Bertz CT molecular complexity index is 1130. The first-order chi connectivity index (χ1) is 16.1. The molecule has 1 aliphatic carbocycles. The highest BCUT2D eigenvalue weighted by molar-refractivity contribution is 6.36. The van der Waals surface area contributed by atoms with Gasteiger partial charge in [0.25, 0.3) is 0 Å². The van der Waals surface area contributed by atoms with Crippen molar-refractivity contribution < 1.29 is 23.1 Å². The molecule has 5 aliphatic heterocycles. The first-order valence-corrected chi connectivity index (χ1v) is 11.3. The average molecular weight is 478 g/mol. The fraction of sp³-hybridized carbons (Fsp3) is 0.455. The zero-order valence-electron chi connectivity index (χ0n) is 17.7. The second-order valence-electron chi connectivity index (χ2n) is 8.72. The summed E-state index contributed by atoms with van der Waals surface area (Å²) in [6, 6.07) is 0.0281. The number of hydrazone groups is 1. The molecule has 174 valence electrons. The number of halogens is 3. The second kappa shape index (κ2) is 7.96. The van der Waals surface area contributed by atoms with Gasteiger partial charge in [-0.15, -0.1) is 5.10 Å². The predicted molar refractivity (Wildman–Crippen MR) is 117 cm³/mol. The van der Waals surface area contributed by atoms with Crippen molar-refractivity contribution in [2.24, 2.45) is 10.1 Å². The molecule has 11 heteroatoms. The van der Waals surface area contributed by atoms with E-state index in [9.17, 15) is 4.39 Å². The van der Waals surface area contributed by atoms with E-state index < -0.39 is 5.83 Å². The van der Waals surface area contributed by atoms with Gasteiger partial charge in [0.2, 0.25) is 0 Å². The van der Waals surface area contributed by atoms with Gasteiger partial charge in [0.1, 0.15) is 42.0 Å². The molecule has 0 unspecified atom stereocenters. The lowest BCUT2D eigenvalue weighted by Gasteiger charge is -2.32. The molecule has 8 nitrogen and oxygen atoms in total. The summed E-state index contributed by atoms with van der Waals surface area (Å²) in [7, 11) is 0. The number of hydrogen-bond acceptors (Lipinski definition) is 8. The van der Waals surface area contributed by atoms with E-state index in [0.29, 0.717) is 42.7 Å². The fourth-order valence-electron chi connectivity index (χ4n) is 5.27. The molecule has 0 spiro atoms. The van der Waals surface area contributed by atoms with E-state index in [1.54, 1.807) is 6.20 Å². The highest BCUT2D eigenvalue weighted by Crippen LogP contribution is 2.43. The summed E-state index contributed by atoms with van der Waals surface area (Å²) in [5, 5.41) is 5.84. The zero-order chi connectivity index (χ0) is 22.6. The van der Waals surface area contributed by atoms with E-state index in [2.05, 4.69) is 20.5 Å². The number of hydrogen-bond donors (Lipinski definition) is 1. The predicted octanol–water partition coefficient (Wildman–Crippen LogP) is 3.49. The summed E-state index contributed by atoms with van der Waals surface area (Å²) >= 11 is 6.41. The van der Waals surface area contributed by atoms with Gasteiger partial charge in [0.05, 0.1) is 11.9 Å². The Balaban J connectivity index is 1.34. The Kier molecular flexibility index (Phi) is 5.04. The SMILES string of the molecule is F/C=C1\CN2CCC[C@@]2(COC2=NN3C=CCC4=C3C(=N2)C(F)=C(Cl)C2=C4OCCON2)C1. The van der Waals surface area contributed by atoms with Crippen molar-refractivity contribution in [1.82, 2.24) is 15.4 Å². The van der Waals surface area contributed by atoms with Crippen LogP contribution in [0, 0.1) is 0 Å². The molecule has 5 heterocycles. The first kappa shape index (κ1) is 20.9. The Morgan fingerprint density at radius 3 is 3.15 bits per heavy atom. The summed E-state index contributed by atoms with van der Waals surface area (Å²) in [6.45, 7) is 2.36. The third-order valence-corrected chi connectivity index (χ3v) is 7.11. The van der Waals surface area contributed by atoms with Crippen molar-refractivity contribution in [3.63, 3.8) is 0 Å². The van der Waals surface area contributed by atoms with Gasteiger partial charge in [0.15, 0.2) is 11.6 Å². The number of hydroxylamine groups is 1. The average Bonchev–Trinajstić information content (AvgIpc) is 3.25. The molecule has 6 rings (SSSR count). The molecule has 0 amide bonds. The van der Waals surface area contributed by atoms with Crippen LogP contribution >= 0.6 is 11.6 Å². The van der Waals surface area contributed by atoms with Gasteiger partial charge < -0.3 is 9.47 Å². The van der Waals surface area contributed by atoms with Gasteiger partial charge in [-0.05, 0) is 37.8 Å². The summed E-state index contributed by atoms with van der Waals surface area (Å²) in [5.74, 6) is -0.310. The Hall–Kier alpha value is -2.69. The van der Waals surface area contributed by atoms with Crippen LogP contribution in [0.25, 0.3) is 0 Å². The topological polar surface area (TPSA) is 70.9 Å². The molecule has 1 atom stereocenters. The molecule has 6 aliphatic rings. The van der Waals surface area contributed by atoms with Gasteiger partial charge in [0, 0.05) is 18.3 Å². The zero-order valence-corrected chi connectivity index (χ0v) is 18.5. The normalized spacial score (nSPS) is 30.3. The van der Waals surface area contributed by atoms with E-state index in [4.69, 9.17) is 25.9 Å². The molecule has 0 aromatic heterocycles. The fourth-order valence-corrected chi connectivity index (χ4v) is 5.48. The molecular formula is C22H22ClF2N5O3. The van der Waals surface area contributed by atoms with E-state index in [1.165, 1.54) is 5.01 Å². The lowest BCUT2D eigenvalue weighted by atomic mass is 9.94. The highest BCUT2D eigenvalue weighted by atomic mass is 35.5. The molecule has 0 bridgehead atoms. The molecule has 2 saturated heterocycles. The van der Waals surface area contributed by atoms with Crippen LogP contribution in [-0.4, -0.2) is 60.1 Å². The number of aliphatic imine (C=N–C) groups is 1. The third kappa shape index (κ3) is 3.31. The van der Waals surface area contributed by atoms with Crippen LogP contribution in [0.15, 0.2) is 67.9 Å². The van der Waals surface area contributed by atoms with Crippen LogP contribution < -0.4 is 5.48 Å². The van der Waals surface area contributed by atoms with Crippen molar-refractivity contribution >= 4 is 23.3 Å². The van der Waals surface area contributed by atoms with Crippen LogP contribution in [0.5, 0.6) is 0 Å². The number of ether oxygens (including phenoxy) is 2. The lowest BCUT2D eigenvalue weighted by molar-refractivity contribution is 0.0484. The van der Waals surface area contributed by atoms with E-state index >= 15 is 4.39 Å². The molecule has 1 N–H and O–H groups in total. The summed E-state index contributed by atoms with van der Waals surface area (Å²) in [4.78, 5) is 11.9. The minimum atomic E-state index is -0.726. The van der Waals surface area contributed by atoms with Crippen molar-refractivity contribution in [1.29, 1.82) is 0 Å². The van der Waals surface area contributed by atoms with Crippen molar-refractivity contribution in [2.45, 2.75) is 31.2 Å². The Morgan fingerprint density at radius 2 is 2.27 bits per heavy atom. The molecule has 33 heavy (non-hydrogen) atoms. The quantitative estimate of drug-likeness (QED) is 0.656. The van der Waals surface area contributed by atoms with E-state index in [-0.39, 0.29) is 47.8 Å². The van der Waals surface area contributed by atoms with E-state index in [0.717, 1.165) is 25.0 Å². The molecule has 2 fully saturated rings. The van der Waals surface area contributed by atoms with Crippen LogP contribution in [-0.2, 0) is 14.3 Å². The summed E-state index contributed by atoms with van der Waals surface area (Å²) < 4.78 is 40.7. The van der Waals surface area contributed by atoms with Gasteiger partial charge in [-0.3, -0.25) is 15.2 Å². The van der Waals surface area contributed by atoms with Gasteiger partial charge in [-0.2, -0.15) is 4.99 Å². The van der Waals surface area contributed by atoms with Gasteiger partial charge in [-0.1, -0.05) is 17.7 Å². The minimum absolute atomic E-state index is 0.0272. The van der Waals surface area contributed by atoms with Gasteiger partial charge in [-0.25, -0.2) is 13.8 Å². The van der Waals surface area contributed by atoms with Crippen molar-refractivity contribution in [3.05, 3.63) is 57.8 Å². The van der Waals surface area contributed by atoms with Crippen molar-refractivity contribution in [3.8, 4) is 0 Å². The highest BCUT2D eigenvalue weighted by Gasteiger charge is 2.47. The van der Waals surface area contributed by atoms with E-state index in [1.807, 2.05) is 6.08 Å². The molecule has 0 radical (unpaired) electrons. The maximum Gasteiger partial charge on any atom is 0.335 e. The first-order valence-electron chi connectivity index (χ1n) is 10.9. The Labute approximate surface area is 194 Å². The maximum absolute atomic E-state index is 15.6. The number of nitrogens with one attached hydrogen (secondary N) is 1. The van der Waals surface area contributed by atoms with Crippen LogP contribution in [0.1, 0.15) is 25.7 Å². The molecule has 0 saturated carbocycles. The van der Waals surface area contributed by atoms with Gasteiger partial charge >= 0.3 is 6.02 Å². The summed E-state index contributed by atoms with van der Waals surface area (Å²) in [5.41, 5.74) is 4.59. The molecule has 0 aromatic rings. The van der Waals surface area contributed by atoms with Crippen LogP contribution in [0.3, 0.4) is 0 Å². The van der Waals surface area contributed by atoms with Crippen LogP contribution in [0.2, 0.25) is 0 Å². The Morgan fingerprint density at radius 1 is 1.36 bits per heavy atom. The number of rotatable bonds is 2. The van der Waals surface area contributed by atoms with Crippen LogP contribution in [0.4, 0.5) is 8.78 Å². The largest absolute Gasteiger partial charge is 0.488 e. The number of amidine groups is 1. The monoisotopic (exact) mass is 477 g/mol. The second-order valence-corrected chi connectivity index (χ2v) is 9.09. The standard InChI is InChI=1S/C22H22ClF2N5O3/c23-15-16(25)18-19-14(20-17(15)28-33-8-7-31-20)3-1-6-30(19)27-21(26-18)32-12-22-4-2-5-29(22)11-13(9-22)10-24/h1,6,10,28H,2-5,7-9,11-12H2/b13-10-/t22-/m0/s1. The van der Waals surface area contributed by atoms with Crippen molar-refractivity contribution in [2.75, 3.05) is 32.9 Å². The summed E-state index contributed by atoms with van der Waals surface area (Å²) in [6.07, 6.45) is 7.34. The number of fused-ring (bicyclic) bond motifs is 2.